The van der Waals surface area contributed by atoms with Crippen LogP contribution in [0.3, 0.4) is 0 Å². The summed E-state index contributed by atoms with van der Waals surface area (Å²) in [5.41, 5.74) is 1.32. The van der Waals surface area contributed by atoms with Crippen LogP contribution in [0.2, 0.25) is 15.1 Å². The average Bonchev–Trinajstić information content (AvgIpc) is 3.47. The third-order valence-corrected chi connectivity index (χ3v) is 6.85. The van der Waals surface area contributed by atoms with E-state index in [-0.39, 0.29) is 18.2 Å². The van der Waals surface area contributed by atoms with Gasteiger partial charge in [-0.2, -0.15) is 0 Å². The first-order chi connectivity index (χ1) is 15.4. The minimum Gasteiger partial charge on any atom is -0.457 e. The first kappa shape index (κ1) is 21.3. The van der Waals surface area contributed by atoms with E-state index in [9.17, 15) is 9.59 Å². The Bertz CT molecular complexity index is 1300. The van der Waals surface area contributed by atoms with Gasteiger partial charge in [0, 0.05) is 22.7 Å². The number of carbonyl (C=O) groups is 2. The molecule has 1 aromatic heterocycles. The number of carbonyl (C=O) groups excluding carboxylic acids is 2. The van der Waals surface area contributed by atoms with Crippen LogP contribution in [0.1, 0.15) is 11.3 Å². The Balaban J connectivity index is 1.36. The summed E-state index contributed by atoms with van der Waals surface area (Å²) in [4.78, 5) is 26.8. The van der Waals surface area contributed by atoms with Crippen LogP contribution in [0, 0.1) is 0 Å². The highest BCUT2D eigenvalue weighted by atomic mass is 35.5. The molecule has 32 heavy (non-hydrogen) atoms. The van der Waals surface area contributed by atoms with Crippen LogP contribution in [0.15, 0.2) is 51.8 Å². The van der Waals surface area contributed by atoms with E-state index in [1.807, 2.05) is 0 Å². The number of amides is 2. The zero-order valence-electron chi connectivity index (χ0n) is 16.1. The first-order valence-electron chi connectivity index (χ1n) is 9.28. The number of fused-ring (bicyclic) bond motifs is 1. The van der Waals surface area contributed by atoms with Gasteiger partial charge in [-0.25, -0.2) is 0 Å². The van der Waals surface area contributed by atoms with Crippen molar-refractivity contribution in [2.24, 2.45) is 0 Å². The van der Waals surface area contributed by atoms with Crippen LogP contribution in [-0.2, 0) is 11.3 Å². The molecular formula is C22H12Cl3NO5S. The van der Waals surface area contributed by atoms with Gasteiger partial charge in [-0.3, -0.25) is 14.5 Å². The van der Waals surface area contributed by atoms with Crippen LogP contribution in [0.25, 0.3) is 17.4 Å². The Morgan fingerprint density at radius 2 is 1.72 bits per heavy atom. The van der Waals surface area contributed by atoms with Crippen molar-refractivity contribution in [1.29, 1.82) is 0 Å². The summed E-state index contributed by atoms with van der Waals surface area (Å²) in [6.45, 7) is 0.122. The van der Waals surface area contributed by atoms with E-state index in [2.05, 4.69) is 0 Å². The Kier molecular flexibility index (Phi) is 5.59. The molecule has 2 aliphatic rings. The van der Waals surface area contributed by atoms with Gasteiger partial charge in [0.05, 0.1) is 21.5 Å². The molecule has 0 bridgehead atoms. The number of imide groups is 1. The zero-order valence-corrected chi connectivity index (χ0v) is 19.1. The summed E-state index contributed by atoms with van der Waals surface area (Å²) >= 11 is 19.2. The number of ether oxygens (including phenoxy) is 2. The van der Waals surface area contributed by atoms with Gasteiger partial charge in [-0.05, 0) is 53.7 Å². The van der Waals surface area contributed by atoms with Crippen molar-refractivity contribution < 1.29 is 23.5 Å². The Morgan fingerprint density at radius 1 is 0.938 bits per heavy atom. The number of hydrogen-bond acceptors (Lipinski definition) is 6. The summed E-state index contributed by atoms with van der Waals surface area (Å²) in [7, 11) is 0. The second-order valence-electron chi connectivity index (χ2n) is 6.90. The predicted molar refractivity (Wildman–Crippen MR) is 123 cm³/mol. The van der Waals surface area contributed by atoms with Gasteiger partial charge in [-0.15, -0.1) is 0 Å². The summed E-state index contributed by atoms with van der Waals surface area (Å²) in [5.74, 6) is 1.61. The highest BCUT2D eigenvalue weighted by Gasteiger charge is 2.36. The lowest BCUT2D eigenvalue weighted by molar-refractivity contribution is -0.123. The number of nitrogens with zero attached hydrogens (tertiary/aromatic N) is 1. The van der Waals surface area contributed by atoms with Crippen molar-refractivity contribution in [3.63, 3.8) is 0 Å². The summed E-state index contributed by atoms with van der Waals surface area (Å²) in [6.07, 6.45) is 1.53. The zero-order chi connectivity index (χ0) is 22.4. The lowest BCUT2D eigenvalue weighted by Crippen LogP contribution is -2.27. The third-order valence-electron chi connectivity index (χ3n) is 4.85. The van der Waals surface area contributed by atoms with E-state index in [0.29, 0.717) is 43.7 Å². The molecule has 162 valence electrons. The molecule has 2 amide bonds. The minimum atomic E-state index is -0.429. The Morgan fingerprint density at radius 3 is 2.50 bits per heavy atom. The molecule has 0 radical (unpaired) electrons. The number of rotatable bonds is 4. The van der Waals surface area contributed by atoms with Gasteiger partial charge in [0.15, 0.2) is 11.5 Å². The Hall–Kier alpha value is -2.58. The van der Waals surface area contributed by atoms with E-state index in [1.54, 1.807) is 42.5 Å². The number of hydrogen-bond donors (Lipinski definition) is 0. The fraction of sp³-hybridized carbons (Fsp3) is 0.0909. The van der Waals surface area contributed by atoms with Crippen molar-refractivity contribution >= 4 is 63.8 Å². The SMILES string of the molecule is O=C1S/C(=C/c2ccc(-c3ccc(Cl)c(Cl)c3)o2)C(=O)N1Cc1cc2c(cc1Cl)OCO2. The predicted octanol–water partition coefficient (Wildman–Crippen LogP) is 6.87. The molecule has 3 heterocycles. The van der Waals surface area contributed by atoms with Crippen molar-refractivity contribution in [3.8, 4) is 22.8 Å². The fourth-order valence-corrected chi connectivity index (χ4v) is 4.58. The van der Waals surface area contributed by atoms with Gasteiger partial charge >= 0.3 is 0 Å². The molecule has 1 saturated heterocycles. The molecule has 6 nitrogen and oxygen atoms in total. The van der Waals surface area contributed by atoms with E-state index in [1.165, 1.54) is 6.08 Å². The minimum absolute atomic E-state index is 0.0180. The van der Waals surface area contributed by atoms with Gasteiger partial charge in [0.25, 0.3) is 11.1 Å². The van der Waals surface area contributed by atoms with Gasteiger partial charge in [0.2, 0.25) is 6.79 Å². The molecule has 0 aliphatic carbocycles. The molecule has 0 atom stereocenters. The number of thioether (sulfide) groups is 1. The number of furan rings is 1. The van der Waals surface area contributed by atoms with Crippen LogP contribution in [0.4, 0.5) is 4.79 Å². The number of halogens is 3. The molecule has 1 fully saturated rings. The standard InChI is InChI=1S/C22H12Cl3NO5S/c23-14-3-1-11(5-16(14)25)17-4-2-13(31-17)7-20-21(27)26(22(28)32-20)9-12-6-18-19(8-15(12)24)30-10-29-18/h1-8H,9-10H2/b20-7+. The maximum atomic E-state index is 12.9. The molecule has 0 N–H and O–H groups in total. The normalized spacial score (nSPS) is 16.5. The third kappa shape index (κ3) is 3.97. The molecule has 2 aromatic carbocycles. The van der Waals surface area contributed by atoms with Gasteiger partial charge in [-0.1, -0.05) is 34.8 Å². The van der Waals surface area contributed by atoms with Crippen molar-refractivity contribution in [1.82, 2.24) is 4.90 Å². The lowest BCUT2D eigenvalue weighted by atomic mass is 10.2. The van der Waals surface area contributed by atoms with Crippen LogP contribution in [-0.4, -0.2) is 22.8 Å². The van der Waals surface area contributed by atoms with E-state index in [4.69, 9.17) is 48.7 Å². The summed E-state index contributed by atoms with van der Waals surface area (Å²) in [5, 5.41) is 0.838. The number of benzene rings is 2. The largest absolute Gasteiger partial charge is 0.457 e. The molecular weight excluding hydrogens is 497 g/mol. The van der Waals surface area contributed by atoms with E-state index < -0.39 is 11.1 Å². The van der Waals surface area contributed by atoms with Crippen LogP contribution >= 0.6 is 46.6 Å². The maximum Gasteiger partial charge on any atom is 0.293 e. The second-order valence-corrected chi connectivity index (χ2v) is 9.11. The average molecular weight is 509 g/mol. The highest BCUT2D eigenvalue weighted by molar-refractivity contribution is 8.18. The quantitative estimate of drug-likeness (QED) is 0.358. The van der Waals surface area contributed by atoms with Crippen molar-refractivity contribution in [2.45, 2.75) is 6.54 Å². The second kappa shape index (κ2) is 8.41. The van der Waals surface area contributed by atoms with Crippen molar-refractivity contribution in [2.75, 3.05) is 6.79 Å². The first-order valence-corrected chi connectivity index (χ1v) is 11.2. The smallest absolute Gasteiger partial charge is 0.293 e. The molecule has 3 aromatic rings. The molecule has 2 aliphatic heterocycles. The Labute approximate surface area is 201 Å². The lowest BCUT2D eigenvalue weighted by Gasteiger charge is -2.14. The topological polar surface area (TPSA) is 69.0 Å². The molecule has 5 rings (SSSR count). The van der Waals surface area contributed by atoms with E-state index in [0.717, 1.165) is 22.2 Å². The summed E-state index contributed by atoms with van der Waals surface area (Å²) < 4.78 is 16.4. The highest BCUT2D eigenvalue weighted by Crippen LogP contribution is 2.39. The van der Waals surface area contributed by atoms with Gasteiger partial charge in [0.1, 0.15) is 11.5 Å². The van der Waals surface area contributed by atoms with Gasteiger partial charge < -0.3 is 13.9 Å². The molecule has 0 spiro atoms. The maximum absolute atomic E-state index is 12.9. The van der Waals surface area contributed by atoms with E-state index >= 15 is 0 Å². The van der Waals surface area contributed by atoms with Crippen LogP contribution in [0.5, 0.6) is 11.5 Å². The monoisotopic (exact) mass is 507 g/mol. The molecule has 0 unspecified atom stereocenters. The van der Waals surface area contributed by atoms with Crippen molar-refractivity contribution in [3.05, 3.63) is 73.8 Å². The molecule has 10 heteroatoms. The molecule has 0 saturated carbocycles. The van der Waals surface area contributed by atoms with Crippen LogP contribution < -0.4 is 9.47 Å². The fourth-order valence-electron chi connectivity index (χ4n) is 3.25. The summed E-state index contributed by atoms with van der Waals surface area (Å²) in [6, 6.07) is 11.9.